The van der Waals surface area contributed by atoms with E-state index in [1.807, 2.05) is 13.8 Å². The summed E-state index contributed by atoms with van der Waals surface area (Å²) < 4.78 is 17.8. The lowest BCUT2D eigenvalue weighted by Crippen LogP contribution is -2.39. The van der Waals surface area contributed by atoms with Gasteiger partial charge in [-0.15, -0.1) is 0 Å². The molecule has 0 aliphatic heterocycles. The molecule has 0 heterocycles. The minimum absolute atomic E-state index is 0.0305. The average Bonchev–Trinajstić information content (AvgIpc) is 2.28. The van der Waals surface area contributed by atoms with Gasteiger partial charge in [0.15, 0.2) is 0 Å². The van der Waals surface area contributed by atoms with Crippen molar-refractivity contribution in [1.82, 2.24) is 4.90 Å². The van der Waals surface area contributed by atoms with Gasteiger partial charge in [0.25, 0.3) is 5.91 Å². The Morgan fingerprint density at radius 3 is 2.67 bits per heavy atom. The molecule has 0 radical (unpaired) electrons. The number of amides is 1. The molecule has 1 N–H and O–H groups in total. The SMILES string of the molecule is COCCN(C(=O)c1ccc(F)cc1O)C(C)C. The third-order valence-electron chi connectivity index (χ3n) is 2.61. The van der Waals surface area contributed by atoms with E-state index >= 15 is 0 Å². The molecule has 0 aromatic heterocycles. The molecule has 5 heteroatoms. The first-order chi connectivity index (χ1) is 8.47. The standard InChI is InChI=1S/C13H18FNO3/c1-9(2)15(6-7-18-3)13(17)11-5-4-10(14)8-12(11)16/h4-5,8-9,16H,6-7H2,1-3H3. The van der Waals surface area contributed by atoms with E-state index in [2.05, 4.69) is 0 Å². The average molecular weight is 255 g/mol. The molecule has 0 unspecified atom stereocenters. The fraction of sp³-hybridized carbons (Fsp3) is 0.462. The maximum absolute atomic E-state index is 12.9. The van der Waals surface area contributed by atoms with Crippen LogP contribution >= 0.6 is 0 Å². The molecule has 4 nitrogen and oxygen atoms in total. The molecule has 0 saturated carbocycles. The number of phenolic OH excluding ortho intramolecular Hbond substituents is 1. The van der Waals surface area contributed by atoms with Crippen LogP contribution < -0.4 is 0 Å². The summed E-state index contributed by atoms with van der Waals surface area (Å²) in [6, 6.07) is 3.34. The zero-order valence-corrected chi connectivity index (χ0v) is 10.8. The van der Waals surface area contributed by atoms with Crippen molar-refractivity contribution in [3.63, 3.8) is 0 Å². The number of carbonyl (C=O) groups is 1. The summed E-state index contributed by atoms with van der Waals surface area (Å²) in [7, 11) is 1.55. The molecule has 0 spiro atoms. The van der Waals surface area contributed by atoms with Crippen molar-refractivity contribution in [3.8, 4) is 5.75 Å². The second kappa shape index (κ2) is 6.35. The van der Waals surface area contributed by atoms with Crippen LogP contribution in [0.3, 0.4) is 0 Å². The van der Waals surface area contributed by atoms with E-state index in [1.165, 1.54) is 6.07 Å². The second-order valence-electron chi connectivity index (χ2n) is 4.25. The highest BCUT2D eigenvalue weighted by atomic mass is 19.1. The number of phenols is 1. The summed E-state index contributed by atoms with van der Waals surface area (Å²) in [4.78, 5) is 13.8. The molecular weight excluding hydrogens is 237 g/mol. The Labute approximate surface area is 106 Å². The molecule has 0 saturated heterocycles. The number of nitrogens with zero attached hydrogens (tertiary/aromatic N) is 1. The van der Waals surface area contributed by atoms with E-state index < -0.39 is 5.82 Å². The first-order valence-corrected chi connectivity index (χ1v) is 5.75. The number of methoxy groups -OCH3 is 1. The largest absolute Gasteiger partial charge is 0.507 e. The maximum Gasteiger partial charge on any atom is 0.257 e. The topological polar surface area (TPSA) is 49.8 Å². The van der Waals surface area contributed by atoms with Crippen molar-refractivity contribution in [2.24, 2.45) is 0 Å². The number of ether oxygens (including phenoxy) is 1. The Kier molecular flexibility index (Phi) is 5.09. The number of halogens is 1. The molecule has 0 bridgehead atoms. The van der Waals surface area contributed by atoms with Crippen LogP contribution in [0, 0.1) is 5.82 Å². The number of aromatic hydroxyl groups is 1. The third kappa shape index (κ3) is 3.43. The van der Waals surface area contributed by atoms with Crippen LogP contribution in [0.1, 0.15) is 24.2 Å². The van der Waals surface area contributed by atoms with Gasteiger partial charge < -0.3 is 14.7 Å². The highest BCUT2D eigenvalue weighted by Crippen LogP contribution is 2.20. The van der Waals surface area contributed by atoms with Gasteiger partial charge in [0, 0.05) is 25.8 Å². The summed E-state index contributed by atoms with van der Waals surface area (Å²) >= 11 is 0. The maximum atomic E-state index is 12.9. The van der Waals surface area contributed by atoms with E-state index in [0.717, 1.165) is 12.1 Å². The Balaban J connectivity index is 2.94. The molecule has 18 heavy (non-hydrogen) atoms. The van der Waals surface area contributed by atoms with Gasteiger partial charge in [0.2, 0.25) is 0 Å². The fourth-order valence-electron chi connectivity index (χ4n) is 1.62. The van der Waals surface area contributed by atoms with Gasteiger partial charge in [0.05, 0.1) is 12.2 Å². The number of rotatable bonds is 5. The normalized spacial score (nSPS) is 10.7. The zero-order chi connectivity index (χ0) is 13.7. The summed E-state index contributed by atoms with van der Waals surface area (Å²) in [6.45, 7) is 4.57. The lowest BCUT2D eigenvalue weighted by molar-refractivity contribution is 0.0632. The quantitative estimate of drug-likeness (QED) is 0.875. The van der Waals surface area contributed by atoms with Crippen LogP contribution in [0.15, 0.2) is 18.2 Å². The molecule has 0 aliphatic rings. The molecular formula is C13H18FNO3. The predicted molar refractivity (Wildman–Crippen MR) is 66.1 cm³/mol. The Morgan fingerprint density at radius 1 is 1.50 bits per heavy atom. The molecule has 0 atom stereocenters. The lowest BCUT2D eigenvalue weighted by atomic mass is 10.1. The molecule has 1 rings (SSSR count). The van der Waals surface area contributed by atoms with Crippen LogP contribution in [0.5, 0.6) is 5.75 Å². The van der Waals surface area contributed by atoms with Crippen molar-refractivity contribution >= 4 is 5.91 Å². The van der Waals surface area contributed by atoms with Gasteiger partial charge in [-0.1, -0.05) is 0 Å². The Morgan fingerprint density at radius 2 is 2.17 bits per heavy atom. The smallest absolute Gasteiger partial charge is 0.257 e. The number of hydrogen-bond acceptors (Lipinski definition) is 3. The molecule has 0 fully saturated rings. The zero-order valence-electron chi connectivity index (χ0n) is 10.8. The Hall–Kier alpha value is -1.62. The summed E-state index contributed by atoms with van der Waals surface area (Å²) in [5.41, 5.74) is 0.0983. The molecule has 100 valence electrons. The van der Waals surface area contributed by atoms with E-state index in [1.54, 1.807) is 12.0 Å². The van der Waals surface area contributed by atoms with Gasteiger partial charge in [0.1, 0.15) is 11.6 Å². The summed E-state index contributed by atoms with van der Waals surface area (Å²) in [6.07, 6.45) is 0. The first kappa shape index (κ1) is 14.4. The van der Waals surface area contributed by atoms with Crippen LogP contribution in [0.2, 0.25) is 0 Å². The fourth-order valence-corrected chi connectivity index (χ4v) is 1.62. The van der Waals surface area contributed by atoms with Crippen molar-refractivity contribution < 1.29 is 19.0 Å². The van der Waals surface area contributed by atoms with E-state index in [4.69, 9.17) is 4.74 Å². The van der Waals surface area contributed by atoms with Crippen LogP contribution in [0.4, 0.5) is 4.39 Å². The molecule has 1 aromatic carbocycles. The van der Waals surface area contributed by atoms with Crippen LogP contribution in [-0.2, 0) is 4.74 Å². The summed E-state index contributed by atoms with van der Waals surface area (Å²) in [5.74, 6) is -1.25. The van der Waals surface area contributed by atoms with Crippen molar-refractivity contribution in [1.29, 1.82) is 0 Å². The molecule has 0 aliphatic carbocycles. The van der Waals surface area contributed by atoms with Gasteiger partial charge >= 0.3 is 0 Å². The molecule has 1 amide bonds. The van der Waals surface area contributed by atoms with Crippen molar-refractivity contribution in [2.45, 2.75) is 19.9 Å². The molecule has 1 aromatic rings. The summed E-state index contributed by atoms with van der Waals surface area (Å²) in [5, 5.41) is 9.60. The second-order valence-corrected chi connectivity index (χ2v) is 4.25. The minimum atomic E-state index is -0.572. The van der Waals surface area contributed by atoms with Gasteiger partial charge in [-0.2, -0.15) is 0 Å². The van der Waals surface area contributed by atoms with E-state index in [0.29, 0.717) is 13.2 Å². The number of carbonyl (C=O) groups excluding carboxylic acids is 1. The van der Waals surface area contributed by atoms with Crippen molar-refractivity contribution in [3.05, 3.63) is 29.6 Å². The van der Waals surface area contributed by atoms with Gasteiger partial charge in [-0.05, 0) is 26.0 Å². The van der Waals surface area contributed by atoms with Gasteiger partial charge in [-0.25, -0.2) is 4.39 Å². The highest BCUT2D eigenvalue weighted by molar-refractivity contribution is 5.97. The highest BCUT2D eigenvalue weighted by Gasteiger charge is 2.21. The predicted octanol–water partition coefficient (Wildman–Crippen LogP) is 2.03. The minimum Gasteiger partial charge on any atom is -0.507 e. The van der Waals surface area contributed by atoms with Crippen molar-refractivity contribution in [2.75, 3.05) is 20.3 Å². The van der Waals surface area contributed by atoms with E-state index in [9.17, 15) is 14.3 Å². The monoisotopic (exact) mass is 255 g/mol. The van der Waals surface area contributed by atoms with Gasteiger partial charge in [-0.3, -0.25) is 4.79 Å². The first-order valence-electron chi connectivity index (χ1n) is 5.75. The number of benzene rings is 1. The lowest BCUT2D eigenvalue weighted by Gasteiger charge is -2.26. The van der Waals surface area contributed by atoms with Crippen LogP contribution in [0.25, 0.3) is 0 Å². The third-order valence-corrected chi connectivity index (χ3v) is 2.61. The van der Waals surface area contributed by atoms with Crippen LogP contribution in [-0.4, -0.2) is 42.2 Å². The van der Waals surface area contributed by atoms with E-state index in [-0.39, 0.29) is 23.3 Å². The number of hydrogen-bond donors (Lipinski definition) is 1. The Bertz CT molecular complexity index is 421.